The van der Waals surface area contributed by atoms with Gasteiger partial charge in [0, 0.05) is 18.6 Å². The summed E-state index contributed by atoms with van der Waals surface area (Å²) in [7, 11) is -3.68. The third-order valence-corrected chi connectivity index (χ3v) is 8.14. The third-order valence-electron chi connectivity index (χ3n) is 5.76. The summed E-state index contributed by atoms with van der Waals surface area (Å²) < 4.78 is 24.0. The second kappa shape index (κ2) is 10.8. The van der Waals surface area contributed by atoms with E-state index in [2.05, 4.69) is 4.90 Å². The summed E-state index contributed by atoms with van der Waals surface area (Å²) in [6.45, 7) is 4.10. The zero-order valence-electron chi connectivity index (χ0n) is 16.4. The first-order valence-corrected chi connectivity index (χ1v) is 12.0. The van der Waals surface area contributed by atoms with Crippen LogP contribution in [0.1, 0.15) is 78.1 Å². The minimum atomic E-state index is -3.68. The van der Waals surface area contributed by atoms with Gasteiger partial charge in [0.1, 0.15) is 0 Å². The van der Waals surface area contributed by atoms with Crippen LogP contribution in [0.25, 0.3) is 0 Å². The van der Waals surface area contributed by atoms with Gasteiger partial charge < -0.3 is 14.2 Å². The van der Waals surface area contributed by atoms with E-state index < -0.39 is 19.2 Å². The lowest BCUT2D eigenvalue weighted by molar-refractivity contribution is -0.137. The second-order valence-electron chi connectivity index (χ2n) is 7.51. The van der Waals surface area contributed by atoms with Gasteiger partial charge in [0.05, 0.1) is 13.2 Å². The van der Waals surface area contributed by atoms with E-state index in [-0.39, 0.29) is 19.8 Å². The van der Waals surface area contributed by atoms with Gasteiger partial charge in [0.15, 0.2) is 5.66 Å². The molecule has 0 radical (unpaired) electrons. The van der Waals surface area contributed by atoms with Gasteiger partial charge in [-0.15, -0.1) is 0 Å². The molecule has 2 rings (SSSR count). The average molecular weight is 389 g/mol. The fourth-order valence-electron chi connectivity index (χ4n) is 4.51. The highest BCUT2D eigenvalue weighted by atomic mass is 31.2. The number of hydrogen-bond acceptors (Lipinski definition) is 5. The average Bonchev–Trinajstić information content (AvgIpc) is 2.64. The second-order valence-corrected chi connectivity index (χ2v) is 9.73. The molecule has 26 heavy (non-hydrogen) atoms. The van der Waals surface area contributed by atoms with Crippen molar-refractivity contribution < 1.29 is 23.5 Å². The molecule has 2 saturated carbocycles. The molecule has 6 nitrogen and oxygen atoms in total. The smallest absolute Gasteiger partial charge is 0.346 e. The molecule has 2 aliphatic rings. The van der Waals surface area contributed by atoms with Crippen LogP contribution < -0.4 is 0 Å². The highest BCUT2D eigenvalue weighted by Crippen LogP contribution is 2.53. The Morgan fingerprint density at radius 2 is 1.38 bits per heavy atom. The molecule has 0 aromatic carbocycles. The zero-order chi connectivity index (χ0) is 19.0. The molecule has 0 aromatic heterocycles. The maximum atomic E-state index is 13.2. The molecule has 152 valence electrons. The summed E-state index contributed by atoms with van der Waals surface area (Å²) in [5.74, 6) is -1.08. The van der Waals surface area contributed by atoms with Crippen molar-refractivity contribution >= 4 is 13.6 Å². The number of carboxylic acids is 1. The SMILES string of the molecule is CCOP(=O)(OCC)C(CN(C1CCCCC1)C1CCCCC1)C(=O)O. The minimum absolute atomic E-state index is 0.188. The van der Waals surface area contributed by atoms with Crippen molar-refractivity contribution in [3.63, 3.8) is 0 Å². The summed E-state index contributed by atoms with van der Waals surface area (Å²) in [5, 5.41) is 9.85. The van der Waals surface area contributed by atoms with Crippen molar-refractivity contribution in [2.24, 2.45) is 0 Å². The predicted molar refractivity (Wildman–Crippen MR) is 103 cm³/mol. The molecule has 0 aromatic rings. The lowest BCUT2D eigenvalue weighted by Gasteiger charge is -2.43. The number of rotatable bonds is 10. The normalized spacial score (nSPS) is 21.8. The number of carbonyl (C=O) groups is 1. The van der Waals surface area contributed by atoms with E-state index in [4.69, 9.17) is 9.05 Å². The quantitative estimate of drug-likeness (QED) is 0.547. The molecule has 0 bridgehead atoms. The van der Waals surface area contributed by atoms with Gasteiger partial charge in [-0.3, -0.25) is 14.3 Å². The van der Waals surface area contributed by atoms with E-state index in [1.165, 1.54) is 38.5 Å². The van der Waals surface area contributed by atoms with E-state index in [0.717, 1.165) is 25.7 Å². The molecule has 2 fully saturated rings. The summed E-state index contributed by atoms with van der Waals surface area (Å²) in [6, 6.07) is 0.788. The van der Waals surface area contributed by atoms with E-state index in [1.807, 2.05) is 0 Å². The van der Waals surface area contributed by atoms with Crippen molar-refractivity contribution in [2.45, 2.75) is 95.8 Å². The topological polar surface area (TPSA) is 76.1 Å². The first kappa shape index (κ1) is 21.9. The molecule has 1 unspecified atom stereocenters. The van der Waals surface area contributed by atoms with Crippen LogP contribution in [0.4, 0.5) is 0 Å². The monoisotopic (exact) mass is 389 g/mol. The summed E-state index contributed by atoms with van der Waals surface area (Å²) in [6.07, 6.45) is 11.7. The molecular formula is C19H36NO5P. The lowest BCUT2D eigenvalue weighted by atomic mass is 9.88. The van der Waals surface area contributed by atoms with Crippen LogP contribution >= 0.6 is 7.60 Å². The van der Waals surface area contributed by atoms with Crippen LogP contribution in [0.2, 0.25) is 0 Å². The summed E-state index contributed by atoms with van der Waals surface area (Å²) >= 11 is 0. The molecule has 2 aliphatic carbocycles. The molecule has 1 atom stereocenters. The highest BCUT2D eigenvalue weighted by Gasteiger charge is 2.44. The van der Waals surface area contributed by atoms with Crippen molar-refractivity contribution in [3.05, 3.63) is 0 Å². The number of carboxylic acid groups (broad SMARTS) is 1. The third kappa shape index (κ3) is 5.79. The fraction of sp³-hybridized carbons (Fsp3) is 0.947. The Morgan fingerprint density at radius 3 is 1.73 bits per heavy atom. The first-order valence-electron chi connectivity index (χ1n) is 10.4. The van der Waals surface area contributed by atoms with Crippen LogP contribution in [0.15, 0.2) is 0 Å². The fourth-order valence-corrected chi connectivity index (χ4v) is 6.33. The Bertz CT molecular complexity index is 447. The molecule has 0 amide bonds. The van der Waals surface area contributed by atoms with Gasteiger partial charge in [0.2, 0.25) is 0 Å². The largest absolute Gasteiger partial charge is 0.481 e. The summed E-state index contributed by atoms with van der Waals surface area (Å²) in [4.78, 5) is 14.4. The Labute approximate surface area is 158 Å². The predicted octanol–water partition coefficient (Wildman–Crippen LogP) is 4.67. The van der Waals surface area contributed by atoms with Crippen LogP contribution in [0.5, 0.6) is 0 Å². The van der Waals surface area contributed by atoms with Gasteiger partial charge in [0.25, 0.3) is 0 Å². The Balaban J connectivity index is 2.23. The van der Waals surface area contributed by atoms with Gasteiger partial charge in [-0.1, -0.05) is 38.5 Å². The van der Waals surface area contributed by atoms with Crippen molar-refractivity contribution in [3.8, 4) is 0 Å². The molecular weight excluding hydrogens is 353 g/mol. The van der Waals surface area contributed by atoms with Crippen molar-refractivity contribution in [2.75, 3.05) is 19.8 Å². The Hall–Kier alpha value is -0.420. The van der Waals surface area contributed by atoms with Crippen molar-refractivity contribution in [1.29, 1.82) is 0 Å². The van der Waals surface area contributed by atoms with E-state index in [9.17, 15) is 14.5 Å². The molecule has 7 heteroatoms. The first-order chi connectivity index (χ1) is 12.5. The number of nitrogens with zero attached hydrogens (tertiary/aromatic N) is 1. The number of aliphatic carboxylic acids is 1. The number of hydrogen-bond donors (Lipinski definition) is 1. The van der Waals surface area contributed by atoms with E-state index in [0.29, 0.717) is 12.1 Å². The van der Waals surface area contributed by atoms with Crippen LogP contribution in [0.3, 0.4) is 0 Å². The van der Waals surface area contributed by atoms with Gasteiger partial charge in [-0.05, 0) is 39.5 Å². The standard InChI is InChI=1S/C19H36NO5P/c1-3-24-26(23,25-4-2)18(19(21)22)15-20(16-11-7-5-8-12-16)17-13-9-6-10-14-17/h16-18H,3-15H2,1-2H3,(H,21,22). The minimum Gasteiger partial charge on any atom is -0.481 e. The maximum Gasteiger partial charge on any atom is 0.346 e. The van der Waals surface area contributed by atoms with Gasteiger partial charge in [-0.25, -0.2) is 0 Å². The van der Waals surface area contributed by atoms with Crippen molar-refractivity contribution in [1.82, 2.24) is 4.90 Å². The van der Waals surface area contributed by atoms with E-state index in [1.54, 1.807) is 13.8 Å². The van der Waals surface area contributed by atoms with Crippen LogP contribution in [-0.4, -0.2) is 53.5 Å². The van der Waals surface area contributed by atoms with E-state index >= 15 is 0 Å². The molecule has 0 aliphatic heterocycles. The van der Waals surface area contributed by atoms with Gasteiger partial charge >= 0.3 is 13.6 Å². The molecule has 0 saturated heterocycles. The van der Waals surface area contributed by atoms with Crippen LogP contribution in [0, 0.1) is 0 Å². The molecule has 0 spiro atoms. The Morgan fingerprint density at radius 1 is 0.962 bits per heavy atom. The summed E-state index contributed by atoms with van der Waals surface area (Å²) in [5.41, 5.74) is -1.12. The molecule has 1 N–H and O–H groups in total. The Kier molecular flexibility index (Phi) is 9.08. The van der Waals surface area contributed by atoms with Gasteiger partial charge in [-0.2, -0.15) is 0 Å². The highest BCUT2D eigenvalue weighted by molar-refractivity contribution is 7.55. The molecule has 0 heterocycles. The maximum absolute atomic E-state index is 13.2. The van der Waals surface area contributed by atoms with Crippen LogP contribution in [-0.2, 0) is 18.4 Å². The zero-order valence-corrected chi connectivity index (χ0v) is 17.3. The lowest BCUT2D eigenvalue weighted by Crippen LogP contribution is -2.50.